The fraction of sp³-hybridized carbons (Fsp3) is 0.312. The number of hydrogen-bond donors (Lipinski definition) is 0. The van der Waals surface area contributed by atoms with Crippen molar-refractivity contribution in [1.29, 1.82) is 0 Å². The van der Waals surface area contributed by atoms with Gasteiger partial charge in [-0.25, -0.2) is 0 Å². The van der Waals surface area contributed by atoms with Gasteiger partial charge >= 0.3 is 0 Å². The lowest BCUT2D eigenvalue weighted by molar-refractivity contribution is 0.625. The van der Waals surface area contributed by atoms with E-state index >= 15 is 0 Å². The lowest BCUT2D eigenvalue weighted by Gasteiger charge is -2.03. The van der Waals surface area contributed by atoms with Crippen LogP contribution >= 0.6 is 0 Å². The molecule has 4 rings (SSSR count). The van der Waals surface area contributed by atoms with E-state index in [1.54, 1.807) is 0 Å². The van der Waals surface area contributed by atoms with Crippen molar-refractivity contribution in [2.24, 2.45) is 7.05 Å². The Labute approximate surface area is 123 Å². The Morgan fingerprint density at radius 1 is 1.10 bits per heavy atom. The highest BCUT2D eigenvalue weighted by atomic mass is 15.3. The van der Waals surface area contributed by atoms with Gasteiger partial charge < -0.3 is 4.57 Å². The van der Waals surface area contributed by atoms with E-state index in [-0.39, 0.29) is 0 Å². The predicted molar refractivity (Wildman–Crippen MR) is 79.7 cm³/mol. The molecule has 2 aromatic heterocycles. The maximum Gasteiger partial charge on any atom is 0.154 e. The molecule has 3 aromatic rings. The zero-order valence-corrected chi connectivity index (χ0v) is 12.0. The molecular formula is C16H17N5. The van der Waals surface area contributed by atoms with Crippen LogP contribution in [-0.2, 0) is 13.6 Å². The highest BCUT2D eigenvalue weighted by molar-refractivity contribution is 5.57. The van der Waals surface area contributed by atoms with E-state index in [0.29, 0.717) is 12.5 Å². The van der Waals surface area contributed by atoms with Crippen LogP contribution in [0.2, 0.25) is 0 Å². The Morgan fingerprint density at radius 3 is 2.67 bits per heavy atom. The summed E-state index contributed by atoms with van der Waals surface area (Å²) in [5.41, 5.74) is 2.12. The third-order valence-corrected chi connectivity index (χ3v) is 3.95. The minimum atomic E-state index is 0.619. The Morgan fingerprint density at radius 2 is 1.90 bits per heavy atom. The van der Waals surface area contributed by atoms with Gasteiger partial charge in [0.25, 0.3) is 0 Å². The van der Waals surface area contributed by atoms with Crippen LogP contribution in [0, 0.1) is 0 Å². The number of aromatic nitrogens is 5. The normalized spacial score (nSPS) is 14.5. The molecule has 1 aromatic carbocycles. The minimum Gasteiger partial charge on any atom is -0.316 e. The van der Waals surface area contributed by atoms with Crippen LogP contribution in [0.1, 0.15) is 30.4 Å². The second-order valence-electron chi connectivity index (χ2n) is 5.57. The zero-order valence-electron chi connectivity index (χ0n) is 12.0. The van der Waals surface area contributed by atoms with Crippen molar-refractivity contribution in [1.82, 2.24) is 24.5 Å². The van der Waals surface area contributed by atoms with Crippen LogP contribution in [0.5, 0.6) is 0 Å². The molecule has 0 atom stereocenters. The molecule has 0 radical (unpaired) electrons. The molecule has 0 unspecified atom stereocenters. The van der Waals surface area contributed by atoms with Gasteiger partial charge in [-0.05, 0) is 18.9 Å². The molecule has 1 aliphatic rings. The Balaban J connectivity index is 1.56. The summed E-state index contributed by atoms with van der Waals surface area (Å²) in [5, 5.41) is 13.2. The van der Waals surface area contributed by atoms with Crippen molar-refractivity contribution in [3.8, 4) is 11.3 Å². The highest BCUT2D eigenvalue weighted by Crippen LogP contribution is 2.38. The highest BCUT2D eigenvalue weighted by Gasteiger charge is 2.29. The van der Waals surface area contributed by atoms with Crippen LogP contribution in [-0.4, -0.2) is 24.5 Å². The molecule has 21 heavy (non-hydrogen) atoms. The average Bonchev–Trinajstić information content (AvgIpc) is 3.14. The van der Waals surface area contributed by atoms with Crippen LogP contribution < -0.4 is 0 Å². The van der Waals surface area contributed by atoms with Gasteiger partial charge in [0, 0.05) is 24.7 Å². The van der Waals surface area contributed by atoms with Gasteiger partial charge in [0.2, 0.25) is 0 Å². The summed E-state index contributed by atoms with van der Waals surface area (Å²) in [4.78, 5) is 0. The van der Waals surface area contributed by atoms with Gasteiger partial charge in [-0.3, -0.25) is 4.68 Å². The monoisotopic (exact) mass is 279 g/mol. The number of hydrogen-bond acceptors (Lipinski definition) is 3. The van der Waals surface area contributed by atoms with E-state index in [1.165, 1.54) is 12.8 Å². The fourth-order valence-electron chi connectivity index (χ4n) is 2.57. The van der Waals surface area contributed by atoms with E-state index in [1.807, 2.05) is 42.2 Å². The van der Waals surface area contributed by atoms with Gasteiger partial charge in [-0.2, -0.15) is 5.10 Å². The average molecular weight is 279 g/mol. The Kier molecular flexibility index (Phi) is 2.84. The summed E-state index contributed by atoms with van der Waals surface area (Å²) in [6.45, 7) is 0.656. The summed E-state index contributed by atoms with van der Waals surface area (Å²) >= 11 is 0. The van der Waals surface area contributed by atoms with Crippen molar-refractivity contribution in [2.45, 2.75) is 25.3 Å². The molecule has 106 valence electrons. The van der Waals surface area contributed by atoms with Crippen molar-refractivity contribution >= 4 is 0 Å². The molecule has 0 spiro atoms. The smallest absolute Gasteiger partial charge is 0.154 e. The second-order valence-corrected chi connectivity index (χ2v) is 5.57. The Bertz CT molecular complexity index is 752. The molecule has 0 N–H and O–H groups in total. The molecule has 0 aliphatic heterocycles. The lowest BCUT2D eigenvalue weighted by atomic mass is 10.2. The van der Waals surface area contributed by atoms with E-state index in [4.69, 9.17) is 0 Å². The molecule has 0 amide bonds. The molecule has 0 saturated heterocycles. The molecule has 0 bridgehead atoms. The second kappa shape index (κ2) is 4.84. The van der Waals surface area contributed by atoms with Gasteiger partial charge in [0.15, 0.2) is 5.82 Å². The van der Waals surface area contributed by atoms with Gasteiger partial charge in [-0.1, -0.05) is 30.3 Å². The van der Waals surface area contributed by atoms with Crippen LogP contribution in [0.3, 0.4) is 0 Å². The fourth-order valence-corrected chi connectivity index (χ4v) is 2.57. The molecular weight excluding hydrogens is 262 g/mol. The lowest BCUT2D eigenvalue weighted by Crippen LogP contribution is -2.08. The molecule has 2 heterocycles. The van der Waals surface area contributed by atoms with E-state index in [0.717, 1.165) is 22.9 Å². The quantitative estimate of drug-likeness (QED) is 0.737. The van der Waals surface area contributed by atoms with E-state index in [2.05, 4.69) is 32.0 Å². The van der Waals surface area contributed by atoms with Crippen molar-refractivity contribution in [2.75, 3.05) is 0 Å². The number of benzene rings is 1. The molecule has 1 aliphatic carbocycles. The SMILES string of the molecule is Cn1c(Cn2ccc(-c3ccccc3)n2)nnc1C1CC1. The van der Waals surface area contributed by atoms with Crippen molar-refractivity contribution in [3.63, 3.8) is 0 Å². The zero-order chi connectivity index (χ0) is 14.2. The maximum atomic E-state index is 4.62. The number of nitrogens with zero attached hydrogens (tertiary/aromatic N) is 5. The molecule has 1 fully saturated rings. The number of rotatable bonds is 4. The molecule has 5 heteroatoms. The summed E-state index contributed by atoms with van der Waals surface area (Å²) in [6.07, 6.45) is 4.48. The first-order chi connectivity index (χ1) is 10.3. The van der Waals surface area contributed by atoms with E-state index < -0.39 is 0 Å². The van der Waals surface area contributed by atoms with Gasteiger partial charge in [0.05, 0.1) is 5.69 Å². The molecule has 5 nitrogen and oxygen atoms in total. The van der Waals surface area contributed by atoms with Gasteiger partial charge in [-0.15, -0.1) is 10.2 Å². The van der Waals surface area contributed by atoms with Crippen LogP contribution in [0.4, 0.5) is 0 Å². The van der Waals surface area contributed by atoms with Crippen molar-refractivity contribution < 1.29 is 0 Å². The predicted octanol–water partition coefficient (Wildman–Crippen LogP) is 2.60. The topological polar surface area (TPSA) is 48.5 Å². The standard InChI is InChI=1S/C16H17N5/c1-20-15(17-18-16(20)13-7-8-13)11-21-10-9-14(19-21)12-5-3-2-4-6-12/h2-6,9-10,13H,7-8,11H2,1H3. The van der Waals surface area contributed by atoms with E-state index in [9.17, 15) is 0 Å². The van der Waals surface area contributed by atoms with Crippen molar-refractivity contribution in [3.05, 3.63) is 54.2 Å². The molecule has 1 saturated carbocycles. The largest absolute Gasteiger partial charge is 0.316 e. The first-order valence-corrected chi connectivity index (χ1v) is 7.28. The minimum absolute atomic E-state index is 0.619. The first-order valence-electron chi connectivity index (χ1n) is 7.28. The summed E-state index contributed by atoms with van der Waals surface area (Å²) in [5.74, 6) is 2.69. The van der Waals surface area contributed by atoms with Crippen LogP contribution in [0.25, 0.3) is 11.3 Å². The summed E-state index contributed by atoms with van der Waals surface area (Å²) in [6, 6.07) is 12.2. The third kappa shape index (κ3) is 2.35. The van der Waals surface area contributed by atoms with Crippen LogP contribution in [0.15, 0.2) is 42.6 Å². The summed E-state index contributed by atoms with van der Waals surface area (Å²) < 4.78 is 4.03. The maximum absolute atomic E-state index is 4.62. The van der Waals surface area contributed by atoms with Gasteiger partial charge in [0.1, 0.15) is 12.4 Å². The summed E-state index contributed by atoms with van der Waals surface area (Å²) in [7, 11) is 2.05. The first kappa shape index (κ1) is 12.3. The third-order valence-electron chi connectivity index (χ3n) is 3.95. The Hall–Kier alpha value is -2.43.